The van der Waals surface area contributed by atoms with E-state index in [0.29, 0.717) is 13.0 Å². The number of amides is 2. The van der Waals surface area contributed by atoms with Gasteiger partial charge < -0.3 is 15.4 Å². The molecule has 2 N–H and O–H groups in total. The van der Waals surface area contributed by atoms with Gasteiger partial charge in [-0.05, 0) is 49.6 Å². The molecule has 2 rings (SSSR count). The molecule has 0 heterocycles. The maximum absolute atomic E-state index is 12.0. The highest BCUT2D eigenvalue weighted by Crippen LogP contribution is 2.16. The van der Waals surface area contributed by atoms with Crippen LogP contribution in [0.1, 0.15) is 23.1 Å². The number of carbonyl (C=O) groups excluding carboxylic acids is 2. The first-order chi connectivity index (χ1) is 12.0. The van der Waals surface area contributed by atoms with E-state index in [1.54, 1.807) is 7.11 Å². The van der Waals surface area contributed by atoms with Crippen LogP contribution in [0.25, 0.3) is 0 Å². The molecule has 0 saturated carbocycles. The van der Waals surface area contributed by atoms with E-state index in [9.17, 15) is 9.59 Å². The van der Waals surface area contributed by atoms with Crippen molar-refractivity contribution in [1.29, 1.82) is 0 Å². The summed E-state index contributed by atoms with van der Waals surface area (Å²) in [6, 6.07) is 13.4. The molecule has 0 saturated heterocycles. The molecule has 0 aromatic heterocycles. The Morgan fingerprint density at radius 2 is 1.72 bits per heavy atom. The zero-order chi connectivity index (χ0) is 18.2. The minimum absolute atomic E-state index is 0.185. The molecule has 25 heavy (non-hydrogen) atoms. The molecule has 0 unspecified atom stereocenters. The van der Waals surface area contributed by atoms with Crippen molar-refractivity contribution in [1.82, 2.24) is 5.32 Å². The van der Waals surface area contributed by atoms with Gasteiger partial charge in [0.1, 0.15) is 12.2 Å². The molecule has 0 spiro atoms. The van der Waals surface area contributed by atoms with E-state index in [4.69, 9.17) is 4.74 Å². The molecule has 2 aromatic rings. The average Bonchev–Trinajstić information content (AvgIpc) is 2.58. The normalized spacial score (nSPS) is 10.2. The molecule has 0 aliphatic heterocycles. The molecule has 0 bridgehead atoms. The number of rotatable bonds is 7. The lowest BCUT2D eigenvalue weighted by atomic mass is 10.1. The van der Waals surface area contributed by atoms with E-state index in [0.717, 1.165) is 28.1 Å². The minimum atomic E-state index is -0.311. The highest BCUT2D eigenvalue weighted by molar-refractivity contribution is 6.03. The lowest BCUT2D eigenvalue weighted by molar-refractivity contribution is -0.126. The Bertz CT molecular complexity index is 739. The summed E-state index contributed by atoms with van der Waals surface area (Å²) in [7, 11) is 1.62. The van der Waals surface area contributed by atoms with E-state index < -0.39 is 0 Å². The topological polar surface area (TPSA) is 67.4 Å². The predicted octanol–water partition coefficient (Wildman–Crippen LogP) is 3.00. The van der Waals surface area contributed by atoms with Crippen molar-refractivity contribution in [2.24, 2.45) is 0 Å². The van der Waals surface area contributed by atoms with Crippen LogP contribution in [-0.2, 0) is 16.0 Å². The highest BCUT2D eigenvalue weighted by Gasteiger charge is 2.10. The summed E-state index contributed by atoms with van der Waals surface area (Å²) in [4.78, 5) is 23.9. The molecule has 0 aliphatic carbocycles. The first-order valence-electron chi connectivity index (χ1n) is 8.24. The minimum Gasteiger partial charge on any atom is -0.497 e. The Kier molecular flexibility index (Phi) is 6.57. The number of benzene rings is 2. The summed E-state index contributed by atoms with van der Waals surface area (Å²) in [6.07, 6.45) is 0.518. The van der Waals surface area contributed by atoms with Crippen LogP contribution in [0, 0.1) is 13.8 Å². The first-order valence-corrected chi connectivity index (χ1v) is 8.24. The van der Waals surface area contributed by atoms with Crippen molar-refractivity contribution >= 4 is 17.5 Å². The molecule has 0 radical (unpaired) electrons. The number of methoxy groups -OCH3 is 1. The van der Waals surface area contributed by atoms with E-state index in [1.807, 2.05) is 56.3 Å². The molecule has 2 amide bonds. The smallest absolute Gasteiger partial charge is 0.233 e. The van der Waals surface area contributed by atoms with Crippen molar-refractivity contribution < 1.29 is 14.3 Å². The van der Waals surface area contributed by atoms with Gasteiger partial charge in [0.2, 0.25) is 11.8 Å². The van der Waals surface area contributed by atoms with E-state index >= 15 is 0 Å². The van der Waals surface area contributed by atoms with Crippen LogP contribution in [0.15, 0.2) is 42.5 Å². The first kappa shape index (κ1) is 18.5. The summed E-state index contributed by atoms with van der Waals surface area (Å²) in [5.41, 5.74) is 3.95. The predicted molar refractivity (Wildman–Crippen MR) is 98.9 cm³/mol. The molecule has 132 valence electrons. The molecule has 0 aliphatic rings. The molecule has 0 fully saturated rings. The zero-order valence-corrected chi connectivity index (χ0v) is 14.9. The molecule has 0 atom stereocenters. The van der Waals surface area contributed by atoms with Gasteiger partial charge in [0, 0.05) is 12.2 Å². The zero-order valence-electron chi connectivity index (χ0n) is 14.9. The second kappa shape index (κ2) is 8.87. The van der Waals surface area contributed by atoms with Gasteiger partial charge in [-0.1, -0.05) is 29.8 Å². The van der Waals surface area contributed by atoms with Crippen LogP contribution in [0.4, 0.5) is 5.69 Å². The van der Waals surface area contributed by atoms with Gasteiger partial charge >= 0.3 is 0 Å². The third kappa shape index (κ3) is 5.95. The fraction of sp³-hybridized carbons (Fsp3) is 0.300. The standard InChI is InChI=1S/C20H24N2O3/c1-14-4-9-18(15(2)12-14)22-20(24)13-19(23)21-11-10-16-5-7-17(25-3)8-6-16/h4-9,12H,10-11,13H2,1-3H3,(H,21,23)(H,22,24). The third-order valence-corrected chi connectivity index (χ3v) is 3.87. The van der Waals surface area contributed by atoms with Crippen molar-refractivity contribution in [2.75, 3.05) is 19.0 Å². The van der Waals surface area contributed by atoms with Crippen LogP contribution >= 0.6 is 0 Å². The number of ether oxygens (including phenoxy) is 1. The van der Waals surface area contributed by atoms with Crippen molar-refractivity contribution in [3.05, 3.63) is 59.2 Å². The van der Waals surface area contributed by atoms with Crippen molar-refractivity contribution in [3.8, 4) is 5.75 Å². The monoisotopic (exact) mass is 340 g/mol. The maximum Gasteiger partial charge on any atom is 0.233 e. The summed E-state index contributed by atoms with van der Waals surface area (Å²) in [5.74, 6) is 0.209. The Morgan fingerprint density at radius 1 is 1.00 bits per heavy atom. The van der Waals surface area contributed by atoms with Crippen LogP contribution < -0.4 is 15.4 Å². The number of anilines is 1. The van der Waals surface area contributed by atoms with Gasteiger partial charge in [0.15, 0.2) is 0 Å². The fourth-order valence-corrected chi connectivity index (χ4v) is 2.50. The molecular weight excluding hydrogens is 316 g/mol. The third-order valence-electron chi connectivity index (χ3n) is 3.87. The number of nitrogens with one attached hydrogen (secondary N) is 2. The van der Waals surface area contributed by atoms with Crippen LogP contribution in [0.2, 0.25) is 0 Å². The van der Waals surface area contributed by atoms with Gasteiger partial charge in [-0.15, -0.1) is 0 Å². The van der Waals surface area contributed by atoms with E-state index in [-0.39, 0.29) is 18.2 Å². The Hall–Kier alpha value is -2.82. The summed E-state index contributed by atoms with van der Waals surface area (Å²) < 4.78 is 5.11. The lowest BCUT2D eigenvalue weighted by Crippen LogP contribution is -2.29. The number of hydrogen-bond donors (Lipinski definition) is 2. The number of carbonyl (C=O) groups is 2. The Morgan fingerprint density at radius 3 is 2.36 bits per heavy atom. The van der Waals surface area contributed by atoms with Gasteiger partial charge in [0.05, 0.1) is 7.11 Å². The summed E-state index contributed by atoms with van der Waals surface area (Å²) >= 11 is 0. The summed E-state index contributed by atoms with van der Waals surface area (Å²) in [5, 5.41) is 5.54. The molecular formula is C20H24N2O3. The fourth-order valence-electron chi connectivity index (χ4n) is 2.50. The molecule has 5 nitrogen and oxygen atoms in total. The Balaban J connectivity index is 1.74. The second-order valence-corrected chi connectivity index (χ2v) is 5.99. The van der Waals surface area contributed by atoms with E-state index in [1.165, 1.54) is 0 Å². The quantitative estimate of drug-likeness (QED) is 0.762. The average molecular weight is 340 g/mol. The van der Waals surface area contributed by atoms with Gasteiger partial charge in [-0.3, -0.25) is 9.59 Å². The van der Waals surface area contributed by atoms with E-state index in [2.05, 4.69) is 10.6 Å². The van der Waals surface area contributed by atoms with Crippen LogP contribution in [0.3, 0.4) is 0 Å². The SMILES string of the molecule is COc1ccc(CCNC(=O)CC(=O)Nc2ccc(C)cc2C)cc1. The second-order valence-electron chi connectivity index (χ2n) is 5.99. The maximum atomic E-state index is 12.0. The van der Waals surface area contributed by atoms with Gasteiger partial charge in [-0.2, -0.15) is 0 Å². The molecule has 5 heteroatoms. The van der Waals surface area contributed by atoms with Gasteiger partial charge in [-0.25, -0.2) is 0 Å². The summed E-state index contributed by atoms with van der Waals surface area (Å²) in [6.45, 7) is 4.41. The number of hydrogen-bond acceptors (Lipinski definition) is 3. The highest BCUT2D eigenvalue weighted by atomic mass is 16.5. The van der Waals surface area contributed by atoms with Crippen LogP contribution in [0.5, 0.6) is 5.75 Å². The lowest BCUT2D eigenvalue weighted by Gasteiger charge is -2.09. The van der Waals surface area contributed by atoms with Crippen LogP contribution in [-0.4, -0.2) is 25.5 Å². The largest absolute Gasteiger partial charge is 0.497 e. The van der Waals surface area contributed by atoms with Crippen molar-refractivity contribution in [3.63, 3.8) is 0 Å². The molecule has 2 aromatic carbocycles. The van der Waals surface area contributed by atoms with Crippen molar-refractivity contribution in [2.45, 2.75) is 26.7 Å². The Labute approximate surface area is 148 Å². The van der Waals surface area contributed by atoms with Gasteiger partial charge in [0.25, 0.3) is 0 Å². The number of aryl methyl sites for hydroxylation is 2.